The van der Waals surface area contributed by atoms with Crippen molar-refractivity contribution in [3.05, 3.63) is 58.9 Å². The van der Waals surface area contributed by atoms with Gasteiger partial charge in [-0.2, -0.15) is 4.31 Å². The number of carbonyl (C=O) groups excluding carboxylic acids is 1. The Balaban J connectivity index is 1.29. The van der Waals surface area contributed by atoms with Gasteiger partial charge in [-0.3, -0.25) is 4.79 Å². The molecule has 8 heteroatoms. The first-order valence-electron chi connectivity index (χ1n) is 12.0. The molecule has 1 fully saturated rings. The molecule has 0 radical (unpaired) electrons. The molecule has 0 spiro atoms. The predicted octanol–water partition coefficient (Wildman–Crippen LogP) is 3.88. The van der Waals surface area contributed by atoms with E-state index < -0.39 is 10.0 Å². The highest BCUT2D eigenvalue weighted by molar-refractivity contribution is 7.89. The van der Waals surface area contributed by atoms with Crippen LogP contribution >= 0.6 is 0 Å². The quantitative estimate of drug-likeness (QED) is 0.518. The molecule has 182 valence electrons. The summed E-state index contributed by atoms with van der Waals surface area (Å²) in [6, 6.07) is 11.9. The number of nitrogens with one attached hydrogen (secondary N) is 1. The number of carbonyl (C=O) groups is 1. The van der Waals surface area contributed by atoms with Crippen LogP contribution < -0.4 is 5.32 Å². The fraction of sp³-hybridized carbons (Fsp3) is 0.462. The van der Waals surface area contributed by atoms with Crippen LogP contribution in [-0.2, 0) is 21.4 Å². The van der Waals surface area contributed by atoms with Gasteiger partial charge in [0.1, 0.15) is 5.82 Å². The molecule has 2 aromatic carbocycles. The van der Waals surface area contributed by atoms with Crippen LogP contribution in [0.15, 0.2) is 41.3 Å². The van der Waals surface area contributed by atoms with Gasteiger partial charge in [-0.25, -0.2) is 13.4 Å². The lowest BCUT2D eigenvalue weighted by molar-refractivity contribution is -0.126. The first-order chi connectivity index (χ1) is 16.2. The van der Waals surface area contributed by atoms with E-state index in [9.17, 15) is 13.2 Å². The van der Waals surface area contributed by atoms with Gasteiger partial charge >= 0.3 is 0 Å². The summed E-state index contributed by atoms with van der Waals surface area (Å²) in [6.07, 6.45) is 1.90. The van der Waals surface area contributed by atoms with Crippen molar-refractivity contribution in [3.8, 4) is 0 Å². The molecule has 1 amide bonds. The zero-order valence-corrected chi connectivity index (χ0v) is 21.3. The number of aryl methyl sites for hydroxylation is 5. The van der Waals surface area contributed by atoms with Gasteiger partial charge < -0.3 is 9.88 Å². The fourth-order valence-corrected chi connectivity index (χ4v) is 7.01. The third-order valence-corrected chi connectivity index (χ3v) is 8.94. The average molecular weight is 483 g/mol. The molecule has 1 saturated heterocycles. The number of sulfonamides is 1. The first kappa shape index (κ1) is 24.4. The maximum absolute atomic E-state index is 13.3. The smallest absolute Gasteiger partial charge is 0.243 e. The number of benzene rings is 2. The second-order valence-electron chi connectivity index (χ2n) is 9.35. The van der Waals surface area contributed by atoms with E-state index in [2.05, 4.69) is 20.9 Å². The molecule has 2 heterocycles. The Labute approximate surface area is 202 Å². The molecule has 34 heavy (non-hydrogen) atoms. The number of hydrogen-bond donors (Lipinski definition) is 1. The monoisotopic (exact) mass is 482 g/mol. The van der Waals surface area contributed by atoms with Crippen molar-refractivity contribution in [2.45, 2.75) is 58.4 Å². The van der Waals surface area contributed by atoms with Crippen LogP contribution in [0.2, 0.25) is 0 Å². The van der Waals surface area contributed by atoms with Gasteiger partial charge in [-0.1, -0.05) is 29.8 Å². The number of nitrogens with zero attached hydrogens (tertiary/aromatic N) is 3. The average Bonchev–Trinajstić information content (AvgIpc) is 3.10. The van der Waals surface area contributed by atoms with Crippen molar-refractivity contribution < 1.29 is 13.2 Å². The molecule has 1 aliphatic rings. The van der Waals surface area contributed by atoms with E-state index in [1.54, 1.807) is 0 Å². The zero-order valence-electron chi connectivity index (χ0n) is 20.5. The number of aromatic nitrogens is 2. The number of amides is 1. The number of rotatable bonds is 7. The van der Waals surface area contributed by atoms with E-state index in [-0.39, 0.29) is 11.8 Å². The van der Waals surface area contributed by atoms with Crippen LogP contribution in [0.4, 0.5) is 0 Å². The van der Waals surface area contributed by atoms with Gasteiger partial charge in [-0.05, 0) is 70.2 Å². The maximum atomic E-state index is 13.3. The highest BCUT2D eigenvalue weighted by atomic mass is 32.2. The van der Waals surface area contributed by atoms with Gasteiger partial charge in [0.2, 0.25) is 15.9 Å². The summed E-state index contributed by atoms with van der Waals surface area (Å²) < 4.78 is 30.3. The summed E-state index contributed by atoms with van der Waals surface area (Å²) in [5, 5.41) is 3.05. The molecule has 0 unspecified atom stereocenters. The Morgan fingerprint density at radius 1 is 1.06 bits per heavy atom. The minimum absolute atomic E-state index is 0.0203. The van der Waals surface area contributed by atoms with Crippen LogP contribution in [0.5, 0.6) is 0 Å². The summed E-state index contributed by atoms with van der Waals surface area (Å²) in [7, 11) is -3.56. The van der Waals surface area contributed by atoms with Crippen LogP contribution in [0.3, 0.4) is 0 Å². The lowest BCUT2D eigenvalue weighted by atomic mass is 9.97. The summed E-state index contributed by atoms with van der Waals surface area (Å²) in [4.78, 5) is 17.7. The molecule has 1 aromatic heterocycles. The summed E-state index contributed by atoms with van der Waals surface area (Å²) in [5.74, 6) is 0.842. The van der Waals surface area contributed by atoms with Crippen molar-refractivity contribution >= 4 is 27.0 Å². The third-order valence-electron chi connectivity index (χ3n) is 6.73. The minimum Gasteiger partial charge on any atom is -0.356 e. The lowest BCUT2D eigenvalue weighted by Gasteiger charge is -2.31. The largest absolute Gasteiger partial charge is 0.356 e. The lowest BCUT2D eigenvalue weighted by Crippen LogP contribution is -2.43. The molecule has 1 N–H and O–H groups in total. The molecule has 7 nitrogen and oxygen atoms in total. The number of fused-ring (bicyclic) bond motifs is 1. The van der Waals surface area contributed by atoms with E-state index >= 15 is 0 Å². The second kappa shape index (κ2) is 9.88. The molecule has 0 bridgehead atoms. The summed E-state index contributed by atoms with van der Waals surface area (Å²) in [6.45, 7) is 9.78. The number of imidazole rings is 1. The third kappa shape index (κ3) is 4.88. The summed E-state index contributed by atoms with van der Waals surface area (Å²) in [5.41, 5.74) is 4.71. The Bertz CT molecular complexity index is 1280. The fourth-order valence-electron chi connectivity index (χ4n) is 5.13. The standard InChI is InChI=1S/C26H34N4O3S/c1-18-16-19(2)25(20(3)17-18)34(32,33)29-14-10-22(11-15-29)26(31)27-12-7-13-30-21(4)28-23-8-5-6-9-24(23)30/h5-6,8-9,16-17,22H,7,10-15H2,1-4H3,(H,27,31). The normalized spacial score (nSPS) is 15.6. The molecule has 0 aliphatic carbocycles. The SMILES string of the molecule is Cc1cc(C)c(S(=O)(=O)N2CCC(C(=O)NCCCn3c(C)nc4ccccc43)CC2)c(C)c1. The highest BCUT2D eigenvalue weighted by Crippen LogP contribution is 2.29. The first-order valence-corrected chi connectivity index (χ1v) is 13.4. The second-order valence-corrected chi connectivity index (χ2v) is 11.2. The van der Waals surface area contributed by atoms with Crippen LogP contribution in [0.25, 0.3) is 11.0 Å². The van der Waals surface area contributed by atoms with E-state index in [0.717, 1.165) is 46.5 Å². The predicted molar refractivity (Wildman–Crippen MR) is 134 cm³/mol. The van der Waals surface area contributed by atoms with Crippen molar-refractivity contribution in [2.75, 3.05) is 19.6 Å². The van der Waals surface area contributed by atoms with Crippen molar-refractivity contribution in [1.29, 1.82) is 0 Å². The number of piperidine rings is 1. The molecular weight excluding hydrogens is 448 g/mol. The van der Waals surface area contributed by atoms with Gasteiger partial charge in [-0.15, -0.1) is 0 Å². The number of para-hydroxylation sites is 2. The zero-order chi connectivity index (χ0) is 24.5. The van der Waals surface area contributed by atoms with E-state index in [4.69, 9.17) is 0 Å². The van der Waals surface area contributed by atoms with E-state index in [1.165, 1.54) is 4.31 Å². The topological polar surface area (TPSA) is 84.3 Å². The van der Waals surface area contributed by atoms with Gasteiger partial charge in [0.15, 0.2) is 0 Å². The molecule has 0 saturated carbocycles. The van der Waals surface area contributed by atoms with Gasteiger partial charge in [0.25, 0.3) is 0 Å². The molecule has 3 aromatic rings. The molecule has 4 rings (SSSR count). The van der Waals surface area contributed by atoms with Crippen molar-refractivity contribution in [2.24, 2.45) is 5.92 Å². The van der Waals surface area contributed by atoms with Crippen LogP contribution in [-0.4, -0.2) is 47.8 Å². The highest BCUT2D eigenvalue weighted by Gasteiger charge is 2.33. The van der Waals surface area contributed by atoms with Crippen molar-refractivity contribution in [3.63, 3.8) is 0 Å². The Morgan fingerprint density at radius 2 is 1.71 bits per heavy atom. The number of hydrogen-bond acceptors (Lipinski definition) is 4. The molecular formula is C26H34N4O3S. The maximum Gasteiger partial charge on any atom is 0.243 e. The van der Waals surface area contributed by atoms with Crippen LogP contribution in [0.1, 0.15) is 41.8 Å². The minimum atomic E-state index is -3.56. The van der Waals surface area contributed by atoms with E-state index in [1.807, 2.05) is 58.0 Å². The summed E-state index contributed by atoms with van der Waals surface area (Å²) >= 11 is 0. The molecule has 1 aliphatic heterocycles. The van der Waals surface area contributed by atoms with Gasteiger partial charge in [0, 0.05) is 32.1 Å². The Kier molecular flexibility index (Phi) is 7.09. The van der Waals surface area contributed by atoms with Gasteiger partial charge in [0.05, 0.1) is 15.9 Å². The van der Waals surface area contributed by atoms with Crippen molar-refractivity contribution in [1.82, 2.24) is 19.2 Å². The van der Waals surface area contributed by atoms with Crippen LogP contribution in [0, 0.1) is 33.6 Å². The Morgan fingerprint density at radius 3 is 2.38 bits per heavy atom. The Hall–Kier alpha value is -2.71. The van der Waals surface area contributed by atoms with E-state index in [0.29, 0.717) is 37.4 Å². The molecule has 0 atom stereocenters.